The monoisotopic (exact) mass is 412 g/mol. The van der Waals surface area contributed by atoms with Gasteiger partial charge in [0.25, 0.3) is 5.91 Å². The molecule has 0 bridgehead atoms. The molecule has 1 fully saturated rings. The van der Waals surface area contributed by atoms with E-state index >= 15 is 0 Å². The van der Waals surface area contributed by atoms with Crippen LogP contribution in [0.4, 0.5) is 11.4 Å². The lowest BCUT2D eigenvalue weighted by atomic mass is 10.1. The summed E-state index contributed by atoms with van der Waals surface area (Å²) in [5, 5.41) is 2.94. The maximum atomic E-state index is 12.9. The Bertz CT molecular complexity index is 876. The number of nitrogens with one attached hydrogen (secondary N) is 1. The zero-order valence-corrected chi connectivity index (χ0v) is 17.6. The Kier molecular flexibility index (Phi) is 7.30. The predicted molar refractivity (Wildman–Crippen MR) is 116 cm³/mol. The molecule has 3 rings (SSSR count). The molecule has 0 aromatic heterocycles. The number of esters is 1. The van der Waals surface area contributed by atoms with Crippen molar-refractivity contribution in [3.63, 3.8) is 0 Å². The zero-order chi connectivity index (χ0) is 21.5. The number of hydrogen-bond donors (Lipinski definition) is 1. The second-order valence-electron chi connectivity index (χ2n) is 7.14. The largest absolute Gasteiger partial charge is 0.491 e. The summed E-state index contributed by atoms with van der Waals surface area (Å²) in [7, 11) is 1.33. The van der Waals surface area contributed by atoms with Crippen LogP contribution in [0.5, 0.6) is 5.75 Å². The number of hydrogen-bond acceptors (Lipinski definition) is 6. The number of methoxy groups -OCH3 is 1. The zero-order valence-electron chi connectivity index (χ0n) is 17.6. The number of morpholine rings is 1. The fourth-order valence-electron chi connectivity index (χ4n) is 3.16. The molecule has 1 heterocycles. The van der Waals surface area contributed by atoms with Gasteiger partial charge in [0.1, 0.15) is 5.75 Å². The molecule has 160 valence electrons. The molecule has 2 aromatic rings. The second kappa shape index (κ2) is 10.1. The molecule has 1 unspecified atom stereocenters. The summed E-state index contributed by atoms with van der Waals surface area (Å²) >= 11 is 0. The third kappa shape index (κ3) is 5.30. The molecule has 1 aliphatic heterocycles. The van der Waals surface area contributed by atoms with Gasteiger partial charge in [-0.1, -0.05) is 6.92 Å². The van der Waals surface area contributed by atoms with E-state index in [0.29, 0.717) is 43.1 Å². The summed E-state index contributed by atoms with van der Waals surface area (Å²) in [6, 6.07) is 12.2. The van der Waals surface area contributed by atoms with Gasteiger partial charge >= 0.3 is 5.97 Å². The molecule has 0 spiro atoms. The van der Waals surface area contributed by atoms with Crippen LogP contribution >= 0.6 is 0 Å². The molecular formula is C23H28N2O5. The molecule has 7 nitrogen and oxygen atoms in total. The van der Waals surface area contributed by atoms with Crippen molar-refractivity contribution in [1.29, 1.82) is 0 Å². The summed E-state index contributed by atoms with van der Waals surface area (Å²) < 4.78 is 16.0. The molecule has 1 aliphatic rings. The third-order valence-corrected chi connectivity index (χ3v) is 5.05. The fraction of sp³-hybridized carbons (Fsp3) is 0.391. The maximum Gasteiger partial charge on any atom is 0.337 e. The number of carbonyl (C=O) groups excluding carboxylic acids is 2. The maximum absolute atomic E-state index is 12.9. The Morgan fingerprint density at radius 2 is 1.77 bits per heavy atom. The molecule has 0 aliphatic carbocycles. The van der Waals surface area contributed by atoms with Crippen molar-refractivity contribution < 1.29 is 23.8 Å². The average Bonchev–Trinajstić information content (AvgIpc) is 2.79. The van der Waals surface area contributed by atoms with Gasteiger partial charge in [-0.05, 0) is 55.8 Å². The average molecular weight is 412 g/mol. The standard InChI is InChI=1S/C23H28N2O5/c1-4-16(2)30-19-8-5-17(6-9-19)22(26)24-20-15-18(23(27)28-3)7-10-21(20)25-11-13-29-14-12-25/h5-10,15-16H,4,11-14H2,1-3H3,(H,24,26). The Hall–Kier alpha value is -3.06. The van der Waals surface area contributed by atoms with Crippen LogP contribution in [0.15, 0.2) is 42.5 Å². The number of anilines is 2. The van der Waals surface area contributed by atoms with Crippen molar-refractivity contribution in [3.8, 4) is 5.75 Å². The first-order chi connectivity index (χ1) is 14.5. The topological polar surface area (TPSA) is 77.1 Å². The normalized spacial score (nSPS) is 14.7. The van der Waals surface area contributed by atoms with Crippen molar-refractivity contribution in [2.45, 2.75) is 26.4 Å². The molecule has 1 amide bonds. The first kappa shape index (κ1) is 21.6. The van der Waals surface area contributed by atoms with E-state index in [-0.39, 0.29) is 12.0 Å². The highest BCUT2D eigenvalue weighted by Gasteiger charge is 2.19. The SMILES string of the molecule is CCC(C)Oc1ccc(C(=O)Nc2cc(C(=O)OC)ccc2N2CCOCC2)cc1. The molecule has 0 radical (unpaired) electrons. The molecule has 1 N–H and O–H groups in total. The van der Waals surface area contributed by atoms with Crippen LogP contribution < -0.4 is 15.0 Å². The van der Waals surface area contributed by atoms with Crippen LogP contribution in [0.3, 0.4) is 0 Å². The fourth-order valence-corrected chi connectivity index (χ4v) is 3.16. The number of benzene rings is 2. The summed E-state index contributed by atoms with van der Waals surface area (Å²) in [4.78, 5) is 27.0. The van der Waals surface area contributed by atoms with Gasteiger partial charge in [0, 0.05) is 18.7 Å². The van der Waals surface area contributed by atoms with E-state index in [0.717, 1.165) is 17.9 Å². The molecule has 2 aromatic carbocycles. The van der Waals surface area contributed by atoms with Gasteiger partial charge in [-0.15, -0.1) is 0 Å². The van der Waals surface area contributed by atoms with E-state index in [4.69, 9.17) is 14.2 Å². The van der Waals surface area contributed by atoms with Crippen molar-refractivity contribution >= 4 is 23.3 Å². The molecule has 1 atom stereocenters. The summed E-state index contributed by atoms with van der Waals surface area (Å²) in [5.74, 6) is 0.00906. The highest BCUT2D eigenvalue weighted by Crippen LogP contribution is 2.29. The Balaban J connectivity index is 1.82. The first-order valence-corrected chi connectivity index (χ1v) is 10.1. The van der Waals surface area contributed by atoms with Gasteiger partial charge in [0.05, 0.1) is 43.4 Å². The van der Waals surface area contributed by atoms with E-state index in [1.54, 1.807) is 36.4 Å². The molecule has 30 heavy (non-hydrogen) atoms. The van der Waals surface area contributed by atoms with Crippen LogP contribution in [0.25, 0.3) is 0 Å². The van der Waals surface area contributed by atoms with E-state index in [2.05, 4.69) is 17.1 Å². The minimum absolute atomic E-state index is 0.113. The van der Waals surface area contributed by atoms with Crippen LogP contribution in [-0.2, 0) is 9.47 Å². The van der Waals surface area contributed by atoms with Crippen molar-refractivity contribution in [3.05, 3.63) is 53.6 Å². The van der Waals surface area contributed by atoms with Crippen molar-refractivity contribution in [2.24, 2.45) is 0 Å². The van der Waals surface area contributed by atoms with Crippen molar-refractivity contribution in [2.75, 3.05) is 43.6 Å². The number of nitrogens with zero attached hydrogens (tertiary/aromatic N) is 1. The highest BCUT2D eigenvalue weighted by molar-refractivity contribution is 6.07. The lowest BCUT2D eigenvalue weighted by Crippen LogP contribution is -2.36. The van der Waals surface area contributed by atoms with E-state index in [1.807, 2.05) is 13.0 Å². The summed E-state index contributed by atoms with van der Waals surface area (Å²) in [5.41, 5.74) is 2.28. The summed E-state index contributed by atoms with van der Waals surface area (Å²) in [6.45, 7) is 6.71. The predicted octanol–water partition coefficient (Wildman–Crippen LogP) is 3.74. The van der Waals surface area contributed by atoms with Gasteiger partial charge in [-0.25, -0.2) is 4.79 Å². The quantitative estimate of drug-likeness (QED) is 0.698. The molecule has 7 heteroatoms. The van der Waals surface area contributed by atoms with Crippen LogP contribution in [0.1, 0.15) is 41.0 Å². The van der Waals surface area contributed by atoms with Gasteiger partial charge in [0.15, 0.2) is 0 Å². The minimum Gasteiger partial charge on any atom is -0.491 e. The van der Waals surface area contributed by atoms with Gasteiger partial charge in [0.2, 0.25) is 0 Å². The third-order valence-electron chi connectivity index (χ3n) is 5.05. The Morgan fingerprint density at radius 1 is 1.10 bits per heavy atom. The van der Waals surface area contributed by atoms with Gasteiger partial charge < -0.3 is 24.4 Å². The smallest absolute Gasteiger partial charge is 0.337 e. The Labute approximate surface area is 176 Å². The van der Waals surface area contributed by atoms with E-state index in [1.165, 1.54) is 7.11 Å². The number of rotatable bonds is 7. The van der Waals surface area contributed by atoms with Gasteiger partial charge in [-0.2, -0.15) is 0 Å². The lowest BCUT2D eigenvalue weighted by molar-refractivity contribution is 0.0600. The van der Waals surface area contributed by atoms with Crippen LogP contribution in [0, 0.1) is 0 Å². The second-order valence-corrected chi connectivity index (χ2v) is 7.14. The number of carbonyl (C=O) groups is 2. The highest BCUT2D eigenvalue weighted by atomic mass is 16.5. The molecular weight excluding hydrogens is 384 g/mol. The Morgan fingerprint density at radius 3 is 2.40 bits per heavy atom. The number of amides is 1. The van der Waals surface area contributed by atoms with Crippen molar-refractivity contribution in [1.82, 2.24) is 0 Å². The van der Waals surface area contributed by atoms with Crippen LogP contribution in [-0.4, -0.2) is 51.4 Å². The molecule has 1 saturated heterocycles. The summed E-state index contributed by atoms with van der Waals surface area (Å²) in [6.07, 6.45) is 1.02. The van der Waals surface area contributed by atoms with Gasteiger partial charge in [-0.3, -0.25) is 4.79 Å². The number of ether oxygens (including phenoxy) is 3. The minimum atomic E-state index is -0.453. The lowest BCUT2D eigenvalue weighted by Gasteiger charge is -2.30. The first-order valence-electron chi connectivity index (χ1n) is 10.1. The van der Waals surface area contributed by atoms with E-state index < -0.39 is 5.97 Å². The van der Waals surface area contributed by atoms with E-state index in [9.17, 15) is 9.59 Å². The molecule has 0 saturated carbocycles. The van der Waals surface area contributed by atoms with Crippen LogP contribution in [0.2, 0.25) is 0 Å².